The summed E-state index contributed by atoms with van der Waals surface area (Å²) in [6, 6.07) is -2.54. The molecule has 0 radical (unpaired) electrons. The lowest BCUT2D eigenvalue weighted by atomic mass is 9.97. The van der Waals surface area contributed by atoms with E-state index in [1.807, 2.05) is 0 Å². The molecular weight excluding hydrogens is 556 g/mol. The summed E-state index contributed by atoms with van der Waals surface area (Å²) in [5.74, 6) is -1.81. The minimum absolute atomic E-state index is 0.0415. The monoisotopic (exact) mass is 606 g/mol. The van der Waals surface area contributed by atoms with Gasteiger partial charge in [0.15, 0.2) is 6.10 Å². The number of hydrogen-bond acceptors (Lipinski definition) is 8. The molecule has 4 fully saturated rings. The van der Waals surface area contributed by atoms with Crippen molar-refractivity contribution in [3.8, 4) is 0 Å². The third-order valence-corrected chi connectivity index (χ3v) is 9.01. The van der Waals surface area contributed by atoms with E-state index in [1.54, 1.807) is 20.8 Å². The van der Waals surface area contributed by atoms with Crippen LogP contribution in [0.3, 0.4) is 0 Å². The number of ether oxygens (including phenoxy) is 3. The summed E-state index contributed by atoms with van der Waals surface area (Å²) < 4.78 is 16.8. The Morgan fingerprint density at radius 1 is 1.02 bits per heavy atom. The van der Waals surface area contributed by atoms with Crippen LogP contribution in [0.25, 0.3) is 0 Å². The maximum absolute atomic E-state index is 14.1. The van der Waals surface area contributed by atoms with Crippen molar-refractivity contribution in [2.45, 2.75) is 129 Å². The van der Waals surface area contributed by atoms with Crippen LogP contribution >= 0.6 is 0 Å². The minimum atomic E-state index is -1.18. The molecule has 242 valence electrons. The van der Waals surface area contributed by atoms with Crippen molar-refractivity contribution in [1.29, 1.82) is 0 Å². The van der Waals surface area contributed by atoms with E-state index in [0.29, 0.717) is 19.6 Å². The fourth-order valence-electron chi connectivity index (χ4n) is 6.51. The van der Waals surface area contributed by atoms with E-state index in [0.717, 1.165) is 44.9 Å². The highest BCUT2D eigenvalue weighted by Crippen LogP contribution is 2.64. The number of alkyl carbamates (subject to hydrolysis) is 1. The lowest BCUT2D eigenvalue weighted by Crippen LogP contribution is -2.60. The fraction of sp³-hybridized carbons (Fsp3) is 0.839. The lowest BCUT2D eigenvalue weighted by Gasteiger charge is -2.35. The number of piperidine rings is 1. The van der Waals surface area contributed by atoms with Gasteiger partial charge < -0.3 is 35.1 Å². The van der Waals surface area contributed by atoms with Crippen LogP contribution in [0.4, 0.5) is 4.79 Å². The molecule has 4 amide bonds. The Balaban J connectivity index is 1.60. The Bertz CT molecular complexity index is 1070. The maximum Gasteiger partial charge on any atom is 0.408 e. The molecule has 0 spiro atoms. The van der Waals surface area contributed by atoms with Gasteiger partial charge in [0.25, 0.3) is 5.91 Å². The molecule has 2 aliphatic heterocycles. The topological polar surface area (TPSA) is 152 Å². The predicted molar refractivity (Wildman–Crippen MR) is 157 cm³/mol. The molecule has 2 aliphatic carbocycles. The molecule has 12 nitrogen and oxygen atoms in total. The Morgan fingerprint density at radius 2 is 1.70 bits per heavy atom. The Hall–Kier alpha value is -2.89. The number of hydrogen-bond donors (Lipinski definition) is 3. The molecule has 4 rings (SSSR count). The molecule has 3 N–H and O–H groups in total. The highest BCUT2D eigenvalue weighted by atomic mass is 16.6. The first kappa shape index (κ1) is 33.0. The van der Waals surface area contributed by atoms with Gasteiger partial charge in [-0.05, 0) is 63.7 Å². The fourth-order valence-corrected chi connectivity index (χ4v) is 6.51. The first-order valence-electron chi connectivity index (χ1n) is 15.8. The maximum atomic E-state index is 14.1. The number of esters is 1. The molecule has 43 heavy (non-hydrogen) atoms. The molecule has 0 aromatic heterocycles. The average molecular weight is 607 g/mol. The zero-order valence-corrected chi connectivity index (χ0v) is 26.5. The van der Waals surface area contributed by atoms with Crippen molar-refractivity contribution in [2.24, 2.45) is 17.3 Å². The molecule has 0 aromatic rings. The summed E-state index contributed by atoms with van der Waals surface area (Å²) in [6.45, 7) is 11.4. The normalized spacial score (nSPS) is 30.7. The molecule has 4 aliphatic rings. The van der Waals surface area contributed by atoms with E-state index in [4.69, 9.17) is 14.2 Å². The number of fused-ring (bicyclic) bond motifs is 3. The van der Waals surface area contributed by atoms with Crippen LogP contribution in [0.2, 0.25) is 0 Å². The first-order chi connectivity index (χ1) is 20.2. The van der Waals surface area contributed by atoms with Gasteiger partial charge in [0, 0.05) is 26.1 Å². The van der Waals surface area contributed by atoms with Crippen molar-refractivity contribution >= 4 is 29.8 Å². The largest absolute Gasteiger partial charge is 0.450 e. The zero-order valence-electron chi connectivity index (χ0n) is 26.5. The van der Waals surface area contributed by atoms with Crippen molar-refractivity contribution in [3.63, 3.8) is 0 Å². The van der Waals surface area contributed by atoms with Crippen LogP contribution in [-0.2, 0) is 33.4 Å². The number of carbonyl (C=O) groups is 5. The van der Waals surface area contributed by atoms with Gasteiger partial charge in [-0.3, -0.25) is 19.2 Å². The zero-order chi connectivity index (χ0) is 31.5. The van der Waals surface area contributed by atoms with E-state index in [2.05, 4.69) is 29.8 Å². The standard InChI is InChI=1S/C31H50N4O8/c1-18(36)42-25(27(38)32-19-13-14-19)21-12-10-8-7-9-11-15-41-17-22(34-29(40)43-30(2,3)4)28(39)35-16-20-23(31(20,5)6)24(35)26(37)33-21/h19-25H,7-17H2,1-6H3,(H,32,38)(H,33,37)(H,34,40)/t20-,21-,22-,23-,24-,25?/m0/s1. The van der Waals surface area contributed by atoms with Crippen LogP contribution < -0.4 is 16.0 Å². The van der Waals surface area contributed by atoms with E-state index in [9.17, 15) is 24.0 Å². The summed E-state index contributed by atoms with van der Waals surface area (Å²) in [4.78, 5) is 67.6. The third-order valence-electron chi connectivity index (χ3n) is 9.01. The third kappa shape index (κ3) is 8.61. The molecular formula is C31H50N4O8. The highest BCUT2D eigenvalue weighted by molar-refractivity contribution is 5.94. The van der Waals surface area contributed by atoms with Crippen LogP contribution in [0.5, 0.6) is 0 Å². The quantitative estimate of drug-likeness (QED) is 0.404. The van der Waals surface area contributed by atoms with Gasteiger partial charge in [-0.1, -0.05) is 39.5 Å². The van der Waals surface area contributed by atoms with Crippen molar-refractivity contribution in [3.05, 3.63) is 0 Å². The average Bonchev–Trinajstić information content (AvgIpc) is 3.74. The second kappa shape index (κ2) is 13.4. The smallest absolute Gasteiger partial charge is 0.408 e. The van der Waals surface area contributed by atoms with Gasteiger partial charge in [-0.25, -0.2) is 4.79 Å². The Labute approximate surface area is 254 Å². The number of carbonyl (C=O) groups excluding carboxylic acids is 5. The molecule has 2 saturated carbocycles. The van der Waals surface area contributed by atoms with Gasteiger partial charge in [0.1, 0.15) is 17.7 Å². The summed E-state index contributed by atoms with van der Waals surface area (Å²) in [5.41, 5.74) is -0.911. The number of nitrogens with one attached hydrogen (secondary N) is 3. The minimum Gasteiger partial charge on any atom is -0.450 e. The van der Waals surface area contributed by atoms with Gasteiger partial charge in [0.05, 0.1) is 12.6 Å². The molecule has 1 unspecified atom stereocenters. The molecule has 0 bridgehead atoms. The van der Waals surface area contributed by atoms with Crippen molar-refractivity contribution in [1.82, 2.24) is 20.9 Å². The summed E-state index contributed by atoms with van der Waals surface area (Å²) in [7, 11) is 0. The summed E-state index contributed by atoms with van der Waals surface area (Å²) in [5, 5.41) is 8.63. The van der Waals surface area contributed by atoms with Gasteiger partial charge in [0.2, 0.25) is 11.8 Å². The van der Waals surface area contributed by atoms with E-state index < -0.39 is 59.6 Å². The molecule has 0 aromatic carbocycles. The molecule has 6 atom stereocenters. The summed E-state index contributed by atoms with van der Waals surface area (Å²) >= 11 is 0. The number of amides is 4. The second-order valence-electron chi connectivity index (χ2n) is 14.1. The second-order valence-corrected chi connectivity index (χ2v) is 14.1. The predicted octanol–water partition coefficient (Wildman–Crippen LogP) is 2.43. The molecule has 2 heterocycles. The number of rotatable bonds is 5. The molecule has 12 heteroatoms. The van der Waals surface area contributed by atoms with E-state index >= 15 is 0 Å². The Morgan fingerprint density at radius 3 is 2.35 bits per heavy atom. The Kier molecular flexibility index (Phi) is 10.3. The van der Waals surface area contributed by atoms with Crippen LogP contribution in [-0.4, -0.2) is 90.3 Å². The first-order valence-corrected chi connectivity index (χ1v) is 15.8. The number of nitrogens with zero attached hydrogens (tertiary/aromatic N) is 1. The van der Waals surface area contributed by atoms with Crippen molar-refractivity contribution in [2.75, 3.05) is 19.8 Å². The summed E-state index contributed by atoms with van der Waals surface area (Å²) in [6.07, 6.45) is 4.48. The van der Waals surface area contributed by atoms with Crippen LogP contribution in [0, 0.1) is 17.3 Å². The van der Waals surface area contributed by atoms with Gasteiger partial charge in [-0.15, -0.1) is 0 Å². The molecule has 2 saturated heterocycles. The van der Waals surface area contributed by atoms with E-state index in [1.165, 1.54) is 11.8 Å². The lowest BCUT2D eigenvalue weighted by molar-refractivity contribution is -0.157. The van der Waals surface area contributed by atoms with Gasteiger partial charge >= 0.3 is 12.1 Å². The van der Waals surface area contributed by atoms with E-state index in [-0.39, 0.29) is 29.9 Å². The van der Waals surface area contributed by atoms with Crippen molar-refractivity contribution < 1.29 is 38.2 Å². The van der Waals surface area contributed by atoms with Crippen LogP contribution in [0.1, 0.15) is 92.9 Å². The SMILES string of the molecule is CC(=O)OC(C(=O)NC1CC1)[C@@H]1CCCCCCCOC[C@H](NC(=O)OC(C)(C)C)C(=O)N2C[C@H]3[C@@H]([C@H]2C(=O)N1)C3(C)C. The van der Waals surface area contributed by atoms with Gasteiger partial charge in [-0.2, -0.15) is 0 Å². The van der Waals surface area contributed by atoms with Crippen LogP contribution in [0.15, 0.2) is 0 Å². The highest BCUT2D eigenvalue weighted by Gasteiger charge is 2.69.